The van der Waals surface area contributed by atoms with Crippen LogP contribution < -0.4 is 0 Å². The molecule has 59 heavy (non-hydrogen) atoms. The molecular formula is C56H47N3. The first-order chi connectivity index (χ1) is 29.1. The molecule has 0 unspecified atom stereocenters. The quantitative estimate of drug-likeness (QED) is 0.144. The van der Waals surface area contributed by atoms with Gasteiger partial charge in [0.2, 0.25) is 0 Å². The van der Waals surface area contributed by atoms with Gasteiger partial charge in [0.1, 0.15) is 0 Å². The molecule has 0 saturated heterocycles. The van der Waals surface area contributed by atoms with Gasteiger partial charge < -0.3 is 14.1 Å². The number of fused-ring (bicyclic) bond motifs is 9. The van der Waals surface area contributed by atoms with Crippen LogP contribution >= 0.6 is 0 Å². The molecule has 0 atom stereocenters. The molecular weight excluding hydrogens is 715 g/mol. The van der Waals surface area contributed by atoms with Crippen LogP contribution in [0.15, 0.2) is 170 Å². The molecule has 0 aliphatic rings. The molecule has 3 nitrogen and oxygen atoms in total. The van der Waals surface area contributed by atoms with Crippen LogP contribution in [0.4, 0.5) is 0 Å². The van der Waals surface area contributed by atoms with Gasteiger partial charge in [0.25, 0.3) is 0 Å². The van der Waals surface area contributed by atoms with E-state index < -0.39 is 0 Å². The second kappa shape index (κ2) is 14.5. The molecule has 11 rings (SSSR count). The van der Waals surface area contributed by atoms with Crippen molar-refractivity contribution in [2.75, 3.05) is 0 Å². The normalized spacial score (nSPS) is 12.0. The molecule has 11 aromatic rings. The molecule has 0 aliphatic heterocycles. The highest BCUT2D eigenvalue weighted by Crippen LogP contribution is 2.39. The third-order valence-electron chi connectivity index (χ3n) is 12.6. The molecule has 8 aromatic carbocycles. The van der Waals surface area contributed by atoms with Crippen molar-refractivity contribution < 1.29 is 0 Å². The van der Waals surface area contributed by atoms with E-state index in [1.165, 1.54) is 125 Å². The number of hydrogen-bond acceptors (Lipinski definition) is 0. The number of aromatic amines is 1. The van der Waals surface area contributed by atoms with Gasteiger partial charge in [-0.2, -0.15) is 0 Å². The molecule has 0 amide bonds. The maximum Gasteiger partial charge on any atom is 0.0541 e. The van der Waals surface area contributed by atoms with Gasteiger partial charge in [-0.3, -0.25) is 0 Å². The Morgan fingerprint density at radius 3 is 1.15 bits per heavy atom. The second-order valence-electron chi connectivity index (χ2n) is 16.4. The number of rotatable bonds is 10. The van der Waals surface area contributed by atoms with Crippen LogP contribution in [0.5, 0.6) is 0 Å². The molecule has 0 radical (unpaired) electrons. The Morgan fingerprint density at radius 1 is 0.356 bits per heavy atom. The molecule has 0 bridgehead atoms. The average molecular weight is 762 g/mol. The van der Waals surface area contributed by atoms with Crippen LogP contribution in [0.3, 0.4) is 0 Å². The number of H-pyrrole nitrogens is 1. The van der Waals surface area contributed by atoms with E-state index in [4.69, 9.17) is 0 Å². The molecule has 286 valence electrons. The van der Waals surface area contributed by atoms with Gasteiger partial charge in [-0.05, 0) is 144 Å². The van der Waals surface area contributed by atoms with Crippen molar-refractivity contribution in [2.45, 2.75) is 52.4 Å². The third-order valence-corrected chi connectivity index (χ3v) is 12.6. The van der Waals surface area contributed by atoms with E-state index in [1.54, 1.807) is 0 Å². The minimum Gasteiger partial charge on any atom is -0.355 e. The average Bonchev–Trinajstić information content (AvgIpc) is 3.94. The van der Waals surface area contributed by atoms with Gasteiger partial charge in [0.05, 0.1) is 22.1 Å². The highest BCUT2D eigenvalue weighted by Gasteiger charge is 2.16. The van der Waals surface area contributed by atoms with Crippen LogP contribution in [-0.2, 0) is 12.8 Å². The first-order valence-corrected chi connectivity index (χ1v) is 21.5. The zero-order valence-corrected chi connectivity index (χ0v) is 33.8. The highest BCUT2D eigenvalue weighted by molar-refractivity contribution is 6.13. The Balaban J connectivity index is 0.978. The molecule has 1 N–H and O–H groups in total. The molecule has 3 heterocycles. The SMILES string of the molecule is CCCCc1ccc(-n2c3ccccc3c3cc(-c4ccc5[nH]c6ccc(-c7ccc8c(c7)c7ccccc7n8-c7ccc(CCCC)cc7)cc6c5c4)ccc32)cc1. The van der Waals surface area contributed by atoms with Crippen molar-refractivity contribution in [2.24, 2.45) is 0 Å². The fourth-order valence-electron chi connectivity index (χ4n) is 9.50. The minimum absolute atomic E-state index is 1.13. The Labute approximate surface area is 345 Å². The van der Waals surface area contributed by atoms with Crippen molar-refractivity contribution in [3.8, 4) is 33.6 Å². The van der Waals surface area contributed by atoms with E-state index >= 15 is 0 Å². The van der Waals surface area contributed by atoms with E-state index in [0.717, 1.165) is 23.9 Å². The van der Waals surface area contributed by atoms with E-state index in [0.29, 0.717) is 0 Å². The summed E-state index contributed by atoms with van der Waals surface area (Å²) in [5.41, 5.74) is 17.3. The summed E-state index contributed by atoms with van der Waals surface area (Å²) in [6.07, 6.45) is 7.14. The maximum atomic E-state index is 3.71. The largest absolute Gasteiger partial charge is 0.355 e. The Morgan fingerprint density at radius 2 is 0.729 bits per heavy atom. The lowest BCUT2D eigenvalue weighted by atomic mass is 9.98. The lowest BCUT2D eigenvalue weighted by molar-refractivity contribution is 0.795. The maximum absolute atomic E-state index is 3.71. The lowest BCUT2D eigenvalue weighted by Crippen LogP contribution is -1.94. The van der Waals surface area contributed by atoms with Gasteiger partial charge >= 0.3 is 0 Å². The van der Waals surface area contributed by atoms with E-state index in [-0.39, 0.29) is 0 Å². The fourth-order valence-corrected chi connectivity index (χ4v) is 9.50. The van der Waals surface area contributed by atoms with Crippen LogP contribution in [-0.4, -0.2) is 14.1 Å². The van der Waals surface area contributed by atoms with Gasteiger partial charge in [-0.1, -0.05) is 112 Å². The number of unbranched alkanes of at least 4 members (excludes halogenated alkanes) is 2. The van der Waals surface area contributed by atoms with Crippen molar-refractivity contribution >= 4 is 65.4 Å². The van der Waals surface area contributed by atoms with Gasteiger partial charge in [-0.25, -0.2) is 0 Å². The molecule has 3 heteroatoms. The topological polar surface area (TPSA) is 25.6 Å². The van der Waals surface area contributed by atoms with Crippen molar-refractivity contribution in [1.29, 1.82) is 0 Å². The third kappa shape index (κ3) is 6.03. The number of nitrogens with one attached hydrogen (secondary N) is 1. The predicted octanol–water partition coefficient (Wildman–Crippen LogP) is 15.5. The molecule has 3 aromatic heterocycles. The number of hydrogen-bond donors (Lipinski definition) is 1. The van der Waals surface area contributed by atoms with E-state index in [2.05, 4.69) is 198 Å². The first kappa shape index (κ1) is 35.3. The van der Waals surface area contributed by atoms with Gasteiger partial charge in [0.15, 0.2) is 0 Å². The Hall–Kier alpha value is -6.84. The summed E-state index contributed by atoms with van der Waals surface area (Å²) in [7, 11) is 0. The monoisotopic (exact) mass is 761 g/mol. The smallest absolute Gasteiger partial charge is 0.0541 e. The summed E-state index contributed by atoms with van der Waals surface area (Å²) in [6.45, 7) is 4.51. The summed E-state index contributed by atoms with van der Waals surface area (Å²) < 4.78 is 4.84. The van der Waals surface area contributed by atoms with E-state index in [1.807, 2.05) is 0 Å². The molecule has 0 aliphatic carbocycles. The summed E-state index contributed by atoms with van der Waals surface area (Å²) in [5, 5.41) is 7.58. The standard InChI is InChI=1S/C56H47N3/c1-3-5-11-37-17-25-43(26-18-37)58-53-15-9-7-13-45(53)49-35-41(23-31-55(49)58)39-21-29-51-47(33-39)48-34-40(22-30-52(48)57-51)42-24-32-56-50(36-42)46-14-8-10-16-54(46)59(56)44-27-19-38(20-28-44)12-6-4-2/h7-10,13-36,57H,3-6,11-12H2,1-2H3. The summed E-state index contributed by atoms with van der Waals surface area (Å²) in [5.74, 6) is 0. The van der Waals surface area contributed by atoms with Crippen LogP contribution in [0.25, 0.3) is 99.0 Å². The Kier molecular flexibility index (Phi) is 8.69. The van der Waals surface area contributed by atoms with Crippen LogP contribution in [0, 0.1) is 0 Å². The first-order valence-electron chi connectivity index (χ1n) is 21.5. The number of nitrogens with zero attached hydrogens (tertiary/aromatic N) is 2. The minimum atomic E-state index is 1.13. The lowest BCUT2D eigenvalue weighted by Gasteiger charge is -2.10. The number of benzene rings is 8. The summed E-state index contributed by atoms with van der Waals surface area (Å²) >= 11 is 0. The zero-order chi connectivity index (χ0) is 39.5. The summed E-state index contributed by atoms with van der Waals surface area (Å²) in [4.78, 5) is 3.71. The Bertz CT molecular complexity index is 3110. The van der Waals surface area contributed by atoms with Crippen molar-refractivity contribution in [3.05, 3.63) is 181 Å². The molecule has 0 spiro atoms. The number of para-hydroxylation sites is 2. The van der Waals surface area contributed by atoms with Crippen LogP contribution in [0.2, 0.25) is 0 Å². The van der Waals surface area contributed by atoms with Crippen LogP contribution in [0.1, 0.15) is 50.7 Å². The zero-order valence-electron chi connectivity index (χ0n) is 33.8. The number of aromatic nitrogens is 3. The summed E-state index contributed by atoms with van der Waals surface area (Å²) in [6, 6.07) is 63.7. The van der Waals surface area contributed by atoms with Gasteiger partial charge in [0, 0.05) is 54.7 Å². The molecule has 0 saturated carbocycles. The second-order valence-corrected chi connectivity index (χ2v) is 16.4. The van der Waals surface area contributed by atoms with Gasteiger partial charge in [-0.15, -0.1) is 0 Å². The highest BCUT2D eigenvalue weighted by atomic mass is 15.0. The van der Waals surface area contributed by atoms with Crippen molar-refractivity contribution in [3.63, 3.8) is 0 Å². The van der Waals surface area contributed by atoms with E-state index in [9.17, 15) is 0 Å². The fraction of sp³-hybridized carbons (Fsp3) is 0.143. The predicted molar refractivity (Wildman–Crippen MR) is 253 cm³/mol. The molecule has 0 fully saturated rings. The van der Waals surface area contributed by atoms with Crippen molar-refractivity contribution in [1.82, 2.24) is 14.1 Å². The number of aryl methyl sites for hydroxylation is 2.